The number of rotatable bonds is 4. The first-order valence-electron chi connectivity index (χ1n) is 6.77. The van der Waals surface area contributed by atoms with Gasteiger partial charge in [-0.15, -0.1) is 11.8 Å². The number of nitrogen functional groups attached to an aromatic ring is 2. The van der Waals surface area contributed by atoms with Gasteiger partial charge in [0.05, 0.1) is 10.6 Å². The van der Waals surface area contributed by atoms with E-state index in [1.165, 1.54) is 0 Å². The van der Waals surface area contributed by atoms with E-state index in [2.05, 4.69) is 18.7 Å². The number of hydrogen-bond donors (Lipinski definition) is 2. The van der Waals surface area contributed by atoms with Crippen LogP contribution in [-0.4, -0.2) is 36.4 Å². The Morgan fingerprint density at radius 2 is 2.05 bits per heavy atom. The molecule has 0 aromatic heterocycles. The largest absolute Gasteiger partial charge is 0.485 e. The van der Waals surface area contributed by atoms with Gasteiger partial charge in [-0.05, 0) is 31.6 Å². The van der Waals surface area contributed by atoms with E-state index in [-0.39, 0.29) is 6.10 Å². The second-order valence-corrected chi connectivity index (χ2v) is 5.92. The summed E-state index contributed by atoms with van der Waals surface area (Å²) in [6, 6.07) is 1.93. The molecule has 19 heavy (non-hydrogen) atoms. The number of benzene rings is 1. The Bertz CT molecular complexity index is 460. The van der Waals surface area contributed by atoms with Gasteiger partial charge in [0.1, 0.15) is 6.10 Å². The maximum atomic E-state index is 6.12. The van der Waals surface area contributed by atoms with Crippen molar-refractivity contribution in [2.75, 3.05) is 36.9 Å². The molecule has 1 heterocycles. The Balaban J connectivity index is 2.19. The Labute approximate surface area is 119 Å². The van der Waals surface area contributed by atoms with Crippen molar-refractivity contribution in [1.29, 1.82) is 0 Å². The van der Waals surface area contributed by atoms with Crippen LogP contribution in [0, 0.1) is 6.92 Å². The number of fused-ring (bicyclic) bond motifs is 1. The van der Waals surface area contributed by atoms with Crippen LogP contribution in [0.15, 0.2) is 11.0 Å². The van der Waals surface area contributed by atoms with Gasteiger partial charge in [-0.2, -0.15) is 0 Å². The first-order chi connectivity index (χ1) is 9.06. The zero-order valence-electron chi connectivity index (χ0n) is 11.9. The Hall–Kier alpha value is -1.07. The molecule has 2 rings (SSSR count). The maximum absolute atomic E-state index is 6.12. The number of nitrogens with two attached hydrogens (primary N) is 2. The summed E-state index contributed by atoms with van der Waals surface area (Å²) in [6.45, 7) is 9.33. The molecule has 0 aliphatic carbocycles. The van der Waals surface area contributed by atoms with Crippen molar-refractivity contribution in [2.24, 2.45) is 0 Å². The highest BCUT2D eigenvalue weighted by Gasteiger charge is 2.26. The summed E-state index contributed by atoms with van der Waals surface area (Å²) >= 11 is 1.75. The van der Waals surface area contributed by atoms with Crippen LogP contribution in [0.5, 0.6) is 5.75 Å². The maximum Gasteiger partial charge on any atom is 0.158 e. The highest BCUT2D eigenvalue weighted by atomic mass is 32.2. The Morgan fingerprint density at radius 3 is 2.68 bits per heavy atom. The third-order valence-electron chi connectivity index (χ3n) is 3.56. The van der Waals surface area contributed by atoms with E-state index < -0.39 is 0 Å². The molecule has 4 nitrogen and oxygen atoms in total. The first kappa shape index (κ1) is 14.3. The van der Waals surface area contributed by atoms with Gasteiger partial charge in [0.15, 0.2) is 5.75 Å². The van der Waals surface area contributed by atoms with Crippen LogP contribution in [0.4, 0.5) is 11.4 Å². The number of nitrogens with zero attached hydrogens (tertiary/aromatic N) is 1. The molecule has 0 spiro atoms. The molecule has 106 valence electrons. The molecule has 0 bridgehead atoms. The fraction of sp³-hybridized carbons (Fsp3) is 0.571. The van der Waals surface area contributed by atoms with Crippen molar-refractivity contribution in [2.45, 2.75) is 31.8 Å². The molecule has 0 saturated carbocycles. The summed E-state index contributed by atoms with van der Waals surface area (Å²) in [5.41, 5.74) is 14.6. The Morgan fingerprint density at radius 1 is 1.37 bits per heavy atom. The molecular formula is C14H23N3OS. The number of thioether (sulfide) groups is 1. The fourth-order valence-electron chi connectivity index (χ4n) is 2.31. The summed E-state index contributed by atoms with van der Waals surface area (Å²) in [4.78, 5) is 3.37. The van der Waals surface area contributed by atoms with Gasteiger partial charge >= 0.3 is 0 Å². The quantitative estimate of drug-likeness (QED) is 0.829. The summed E-state index contributed by atoms with van der Waals surface area (Å²) in [6.07, 6.45) is 0.181. The average Bonchev–Trinajstić information content (AvgIpc) is 2.42. The number of hydrogen-bond acceptors (Lipinski definition) is 5. The van der Waals surface area contributed by atoms with E-state index in [9.17, 15) is 0 Å². The summed E-state index contributed by atoms with van der Waals surface area (Å²) in [7, 11) is 0. The van der Waals surface area contributed by atoms with E-state index in [4.69, 9.17) is 16.2 Å². The van der Waals surface area contributed by atoms with Crippen LogP contribution in [-0.2, 0) is 0 Å². The minimum absolute atomic E-state index is 0.181. The normalized spacial score (nSPS) is 18.2. The minimum atomic E-state index is 0.181. The second kappa shape index (κ2) is 5.92. The van der Waals surface area contributed by atoms with Crippen molar-refractivity contribution in [3.05, 3.63) is 11.6 Å². The van der Waals surface area contributed by atoms with Gasteiger partial charge in [-0.3, -0.25) is 0 Å². The van der Waals surface area contributed by atoms with Crippen molar-refractivity contribution < 1.29 is 4.74 Å². The number of anilines is 2. The number of likely N-dealkylation sites (N-methyl/N-ethyl adjacent to an activating group) is 1. The van der Waals surface area contributed by atoms with Crippen LogP contribution in [0.2, 0.25) is 0 Å². The van der Waals surface area contributed by atoms with Crippen LogP contribution >= 0.6 is 11.8 Å². The molecule has 4 N–H and O–H groups in total. The van der Waals surface area contributed by atoms with Gasteiger partial charge in [0, 0.05) is 18.0 Å². The number of aryl methyl sites for hydroxylation is 1. The lowest BCUT2D eigenvalue weighted by Crippen LogP contribution is -2.38. The van der Waals surface area contributed by atoms with Crippen molar-refractivity contribution in [3.63, 3.8) is 0 Å². The number of ether oxygens (including phenoxy) is 1. The molecule has 0 saturated heterocycles. The molecule has 1 atom stereocenters. The molecule has 1 aromatic rings. The van der Waals surface area contributed by atoms with Crippen LogP contribution in [0.3, 0.4) is 0 Å². The first-order valence-corrected chi connectivity index (χ1v) is 7.75. The predicted octanol–water partition coefficient (Wildman–Crippen LogP) is 2.35. The predicted molar refractivity (Wildman–Crippen MR) is 82.9 cm³/mol. The molecule has 1 aliphatic heterocycles. The van der Waals surface area contributed by atoms with Gasteiger partial charge in [0.2, 0.25) is 0 Å². The monoisotopic (exact) mass is 281 g/mol. The van der Waals surface area contributed by atoms with Gasteiger partial charge in [0.25, 0.3) is 0 Å². The van der Waals surface area contributed by atoms with Crippen molar-refractivity contribution in [1.82, 2.24) is 4.90 Å². The van der Waals surface area contributed by atoms with E-state index in [1.807, 2.05) is 13.0 Å². The van der Waals surface area contributed by atoms with Gasteiger partial charge in [-0.25, -0.2) is 0 Å². The van der Waals surface area contributed by atoms with E-state index in [1.54, 1.807) is 11.8 Å². The van der Waals surface area contributed by atoms with Gasteiger partial charge in [-0.1, -0.05) is 13.8 Å². The summed E-state index contributed by atoms with van der Waals surface area (Å²) in [5, 5.41) is 0. The fourth-order valence-corrected chi connectivity index (χ4v) is 3.35. The zero-order valence-corrected chi connectivity index (χ0v) is 12.7. The lowest BCUT2D eigenvalue weighted by Gasteiger charge is -2.31. The van der Waals surface area contributed by atoms with Crippen molar-refractivity contribution >= 4 is 23.1 Å². The van der Waals surface area contributed by atoms with Crippen LogP contribution < -0.4 is 16.2 Å². The molecule has 0 amide bonds. The zero-order chi connectivity index (χ0) is 14.0. The van der Waals surface area contributed by atoms with Crippen LogP contribution in [0.1, 0.15) is 19.4 Å². The highest BCUT2D eigenvalue weighted by Crippen LogP contribution is 2.45. The highest BCUT2D eigenvalue weighted by molar-refractivity contribution is 7.99. The Kier molecular flexibility index (Phi) is 4.47. The molecule has 1 aromatic carbocycles. The van der Waals surface area contributed by atoms with E-state index in [0.717, 1.165) is 53.0 Å². The smallest absolute Gasteiger partial charge is 0.158 e. The molecular weight excluding hydrogens is 258 g/mol. The average molecular weight is 281 g/mol. The van der Waals surface area contributed by atoms with Crippen LogP contribution in [0.25, 0.3) is 0 Å². The van der Waals surface area contributed by atoms with Gasteiger partial charge < -0.3 is 21.1 Å². The SMILES string of the molecule is CCN(CC)CC1CSc2c(N)cc(C)c(N)c2O1. The summed E-state index contributed by atoms with van der Waals surface area (Å²) < 4.78 is 6.09. The lowest BCUT2D eigenvalue weighted by atomic mass is 10.1. The molecule has 0 fully saturated rings. The molecule has 1 unspecified atom stereocenters. The molecule has 5 heteroatoms. The summed E-state index contributed by atoms with van der Waals surface area (Å²) in [5.74, 6) is 1.71. The third-order valence-corrected chi connectivity index (χ3v) is 4.81. The third kappa shape index (κ3) is 2.92. The minimum Gasteiger partial charge on any atom is -0.485 e. The molecule has 1 aliphatic rings. The lowest BCUT2D eigenvalue weighted by molar-refractivity contribution is 0.151. The molecule has 0 radical (unpaired) electrons. The van der Waals surface area contributed by atoms with E-state index in [0.29, 0.717) is 0 Å². The second-order valence-electron chi connectivity index (χ2n) is 4.89. The van der Waals surface area contributed by atoms with E-state index >= 15 is 0 Å². The standard InChI is InChI=1S/C14H23N3OS/c1-4-17(5-2)7-10-8-19-14-11(15)6-9(3)12(16)13(14)18-10/h6,10H,4-5,7-8,15-16H2,1-3H3. The topological polar surface area (TPSA) is 64.5 Å². The van der Waals surface area contributed by atoms with Crippen molar-refractivity contribution in [3.8, 4) is 5.75 Å².